The minimum Gasteiger partial charge on any atom is -0.394 e. The Bertz CT molecular complexity index is 752. The molecule has 15 atom stereocenters. The van der Waals surface area contributed by atoms with E-state index in [4.69, 9.17) is 41.9 Å². The molecule has 39 heavy (non-hydrogen) atoms. The fourth-order valence-electron chi connectivity index (χ4n) is 4.37. The Balaban J connectivity index is 2.30. The molecule has 0 aromatic rings. The van der Waals surface area contributed by atoms with E-state index in [0.29, 0.717) is 0 Å². The Labute approximate surface area is 225 Å². The lowest BCUT2D eigenvalue weighted by atomic mass is 9.97. The number of hydrogen-bond donors (Lipinski definition) is 12. The maximum Gasteiger partial charge on any atom is 0.248 e. The summed E-state index contributed by atoms with van der Waals surface area (Å²) >= 11 is 0. The van der Waals surface area contributed by atoms with Crippen LogP contribution < -0.4 is 28.3 Å². The lowest BCUT2D eigenvalue weighted by Crippen LogP contribution is -2.65. The molecule has 5 unspecified atom stereocenters. The van der Waals surface area contributed by atoms with E-state index < -0.39 is 111 Å². The molecule has 0 aromatic heterocycles. The molecule has 0 radical (unpaired) electrons. The van der Waals surface area contributed by atoms with Crippen molar-refractivity contribution in [3.63, 3.8) is 0 Å². The maximum atomic E-state index is 12.2. The predicted octanol–water partition coefficient (Wildman–Crippen LogP) is -7.15. The lowest BCUT2D eigenvalue weighted by molar-refractivity contribution is -0.304. The second-order valence-electron chi connectivity index (χ2n) is 10.1. The van der Waals surface area contributed by atoms with Crippen LogP contribution in [0.4, 0.5) is 0 Å². The summed E-state index contributed by atoms with van der Waals surface area (Å²) in [6, 6.07) is -2.97. The summed E-state index contributed by atoms with van der Waals surface area (Å²) in [4.78, 5) is 12.2. The molecule has 0 aliphatic carbocycles. The van der Waals surface area contributed by atoms with Gasteiger partial charge in [-0.15, -0.1) is 0 Å². The SMILES string of the molecule is CC(N)[C@@H](O[C@H]1OC(CO)[C@@H](O)[C@H](O)C1N)[C@H](O[C@@H]1O[C@H]([C@H](C)N)C(O)[C@@H]1O)C(O)CNC(=O)[C@@H](O)CCN. The number of hydrogen-bond acceptors (Lipinski definition) is 16. The van der Waals surface area contributed by atoms with Gasteiger partial charge in [0, 0.05) is 18.6 Å². The summed E-state index contributed by atoms with van der Waals surface area (Å²) in [5, 5.41) is 74.0. The van der Waals surface area contributed by atoms with Crippen LogP contribution in [0.5, 0.6) is 0 Å². The van der Waals surface area contributed by atoms with Crippen LogP contribution in [0.2, 0.25) is 0 Å². The molecule has 17 heteroatoms. The molecule has 2 aliphatic rings. The fourth-order valence-corrected chi connectivity index (χ4v) is 4.37. The van der Waals surface area contributed by atoms with Crippen molar-refractivity contribution in [3.8, 4) is 0 Å². The van der Waals surface area contributed by atoms with Gasteiger partial charge in [0.25, 0.3) is 0 Å². The van der Waals surface area contributed by atoms with E-state index in [2.05, 4.69) is 5.32 Å². The molecule has 0 aromatic carbocycles. The number of nitrogens with one attached hydrogen (secondary N) is 1. The Morgan fingerprint density at radius 3 is 2.08 bits per heavy atom. The van der Waals surface area contributed by atoms with Gasteiger partial charge in [0.2, 0.25) is 5.91 Å². The van der Waals surface area contributed by atoms with Crippen molar-refractivity contribution >= 4 is 5.91 Å². The molecule has 0 saturated carbocycles. The molecular weight excluding hydrogens is 526 g/mol. The number of aliphatic hydroxyl groups is 7. The van der Waals surface area contributed by atoms with Crippen molar-refractivity contribution < 1.29 is 59.5 Å². The van der Waals surface area contributed by atoms with Crippen LogP contribution in [0.25, 0.3) is 0 Å². The van der Waals surface area contributed by atoms with Gasteiger partial charge in [-0.1, -0.05) is 0 Å². The average Bonchev–Trinajstić information content (AvgIpc) is 3.17. The van der Waals surface area contributed by atoms with Crippen molar-refractivity contribution in [3.05, 3.63) is 0 Å². The zero-order valence-electron chi connectivity index (χ0n) is 22.0. The Kier molecular flexibility index (Phi) is 13.3. The Morgan fingerprint density at radius 1 is 0.949 bits per heavy atom. The molecule has 2 rings (SSSR count). The summed E-state index contributed by atoms with van der Waals surface area (Å²) in [6.45, 7) is 1.90. The van der Waals surface area contributed by atoms with Crippen molar-refractivity contribution in [1.82, 2.24) is 5.32 Å². The maximum absolute atomic E-state index is 12.2. The number of rotatable bonds is 14. The standard InChI is InChI=1S/C22H45N5O12/c1-7(24)17-15(33)16(34)22(37-17)39-19(10(30)5-27-20(35)9(29)3-4-23)18(8(2)25)38-21-12(26)14(32)13(31)11(6-28)36-21/h7-19,21-22,28-34H,3-6,23-26H2,1-2H3,(H,27,35)/t7-,8?,9-,10?,11?,12?,13+,14+,15?,16-,17+,18+,19+,21+,22-/m0/s1. The molecule has 2 aliphatic heterocycles. The van der Waals surface area contributed by atoms with Gasteiger partial charge in [-0.2, -0.15) is 0 Å². The summed E-state index contributed by atoms with van der Waals surface area (Å²) in [6.07, 6.45) is -17.2. The first-order chi connectivity index (χ1) is 18.2. The van der Waals surface area contributed by atoms with Gasteiger partial charge in [-0.25, -0.2) is 0 Å². The third kappa shape index (κ3) is 8.44. The topological polar surface area (TPSA) is 312 Å². The van der Waals surface area contributed by atoms with Crippen LogP contribution in [0.15, 0.2) is 0 Å². The van der Waals surface area contributed by atoms with E-state index in [1.165, 1.54) is 6.92 Å². The van der Waals surface area contributed by atoms with Crippen LogP contribution >= 0.6 is 0 Å². The molecular formula is C22H45N5O12. The van der Waals surface area contributed by atoms with Gasteiger partial charge in [0.05, 0.1) is 12.6 Å². The monoisotopic (exact) mass is 571 g/mol. The molecule has 1 amide bonds. The first kappa shape index (κ1) is 34.1. The number of carbonyl (C=O) groups is 1. The summed E-state index contributed by atoms with van der Waals surface area (Å²) in [5.41, 5.74) is 23.3. The first-order valence-corrected chi connectivity index (χ1v) is 12.8. The van der Waals surface area contributed by atoms with Gasteiger partial charge in [-0.05, 0) is 26.8 Å². The van der Waals surface area contributed by atoms with E-state index in [-0.39, 0.29) is 13.0 Å². The van der Waals surface area contributed by atoms with Crippen LogP contribution in [0.3, 0.4) is 0 Å². The molecule has 2 fully saturated rings. The van der Waals surface area contributed by atoms with E-state index >= 15 is 0 Å². The van der Waals surface area contributed by atoms with Gasteiger partial charge in [-0.3, -0.25) is 4.79 Å². The van der Waals surface area contributed by atoms with Crippen molar-refractivity contribution in [2.45, 2.75) is 112 Å². The molecule has 16 N–H and O–H groups in total. The normalized spacial score (nSPS) is 38.0. The van der Waals surface area contributed by atoms with Crippen LogP contribution in [0.1, 0.15) is 20.3 Å². The zero-order chi connectivity index (χ0) is 29.6. The first-order valence-electron chi connectivity index (χ1n) is 12.8. The van der Waals surface area contributed by atoms with Crippen LogP contribution in [0, 0.1) is 0 Å². The second kappa shape index (κ2) is 15.2. The Morgan fingerprint density at radius 2 is 1.56 bits per heavy atom. The van der Waals surface area contributed by atoms with Crippen molar-refractivity contribution in [1.29, 1.82) is 0 Å². The Hall–Kier alpha value is -1.13. The highest BCUT2D eigenvalue weighted by Gasteiger charge is 2.50. The second-order valence-corrected chi connectivity index (χ2v) is 10.1. The predicted molar refractivity (Wildman–Crippen MR) is 132 cm³/mol. The van der Waals surface area contributed by atoms with Crippen molar-refractivity contribution in [2.24, 2.45) is 22.9 Å². The summed E-state index contributed by atoms with van der Waals surface area (Å²) in [5.74, 6) is -0.818. The summed E-state index contributed by atoms with van der Waals surface area (Å²) in [7, 11) is 0. The van der Waals surface area contributed by atoms with E-state index in [9.17, 15) is 40.5 Å². The minimum absolute atomic E-state index is 0.0246. The fraction of sp³-hybridized carbons (Fsp3) is 0.955. The highest BCUT2D eigenvalue weighted by molar-refractivity contribution is 5.80. The lowest BCUT2D eigenvalue weighted by Gasteiger charge is -2.44. The van der Waals surface area contributed by atoms with Gasteiger partial charge in [0.1, 0.15) is 61.0 Å². The minimum atomic E-state index is -1.61. The third-order valence-electron chi connectivity index (χ3n) is 6.74. The smallest absolute Gasteiger partial charge is 0.248 e. The van der Waals surface area contributed by atoms with Crippen molar-refractivity contribution in [2.75, 3.05) is 19.7 Å². The van der Waals surface area contributed by atoms with Gasteiger partial charge >= 0.3 is 0 Å². The van der Waals surface area contributed by atoms with E-state index in [1.54, 1.807) is 6.92 Å². The number of aliphatic hydroxyl groups excluding tert-OH is 7. The van der Waals surface area contributed by atoms with E-state index in [0.717, 1.165) is 0 Å². The zero-order valence-corrected chi connectivity index (χ0v) is 22.0. The molecule has 17 nitrogen and oxygen atoms in total. The quantitative estimate of drug-likeness (QED) is 0.0921. The average molecular weight is 572 g/mol. The molecule has 2 heterocycles. The summed E-state index contributed by atoms with van der Waals surface area (Å²) < 4.78 is 22.8. The molecule has 0 bridgehead atoms. The molecule has 230 valence electrons. The number of carbonyl (C=O) groups excluding carboxylic acids is 1. The number of amides is 1. The molecule has 2 saturated heterocycles. The van der Waals surface area contributed by atoms with Gasteiger partial charge < -0.3 is 82.9 Å². The number of nitrogens with two attached hydrogens (primary N) is 4. The van der Waals surface area contributed by atoms with Crippen LogP contribution in [-0.4, -0.2) is 153 Å². The number of ether oxygens (including phenoxy) is 4. The third-order valence-corrected chi connectivity index (χ3v) is 6.74. The van der Waals surface area contributed by atoms with Crippen LogP contribution in [-0.2, 0) is 23.7 Å². The van der Waals surface area contributed by atoms with E-state index in [1.807, 2.05) is 0 Å². The van der Waals surface area contributed by atoms with Gasteiger partial charge in [0.15, 0.2) is 12.6 Å². The largest absolute Gasteiger partial charge is 0.394 e. The highest BCUT2D eigenvalue weighted by atomic mass is 16.7. The molecule has 0 spiro atoms. The highest BCUT2D eigenvalue weighted by Crippen LogP contribution is 2.29.